The van der Waals surface area contributed by atoms with Gasteiger partial charge in [-0.3, -0.25) is 4.57 Å². The summed E-state index contributed by atoms with van der Waals surface area (Å²) in [6.45, 7) is 2.72. The van der Waals surface area contributed by atoms with Gasteiger partial charge >= 0.3 is 0 Å². The minimum absolute atomic E-state index is 0.498. The van der Waals surface area contributed by atoms with Crippen molar-refractivity contribution in [1.82, 2.24) is 19.7 Å². The van der Waals surface area contributed by atoms with Gasteiger partial charge in [0.05, 0.1) is 23.0 Å². The lowest BCUT2D eigenvalue weighted by atomic mass is 10.0. The Morgan fingerprint density at radius 2 is 1.77 bits per heavy atom. The predicted octanol–water partition coefficient (Wildman–Crippen LogP) is 3.79. The standard InChI is InChI=1S/C23H19N7/c1-15-27-28-23-10-11-29(19-6-2-16(13-24)3-7-19)21-12-17(4-8-20(21)30(15)23)18-5-9-22(25)26-14-18/h2-9,12,14H,10-11H2,1H3,(H2,25,26). The molecule has 0 amide bonds. The Morgan fingerprint density at radius 3 is 2.50 bits per heavy atom. The second-order valence-corrected chi connectivity index (χ2v) is 7.23. The first-order valence-corrected chi connectivity index (χ1v) is 9.69. The first-order valence-electron chi connectivity index (χ1n) is 9.69. The van der Waals surface area contributed by atoms with Crippen molar-refractivity contribution < 1.29 is 0 Å². The summed E-state index contributed by atoms with van der Waals surface area (Å²) < 4.78 is 2.12. The highest BCUT2D eigenvalue weighted by Gasteiger charge is 2.24. The third kappa shape index (κ3) is 2.95. The number of aryl methyl sites for hydroxylation is 1. The van der Waals surface area contributed by atoms with Crippen molar-refractivity contribution in [3.05, 3.63) is 78.0 Å². The van der Waals surface area contributed by atoms with Crippen LogP contribution in [0, 0.1) is 18.3 Å². The van der Waals surface area contributed by atoms with Gasteiger partial charge in [-0.2, -0.15) is 5.26 Å². The minimum atomic E-state index is 0.498. The van der Waals surface area contributed by atoms with Crippen LogP contribution in [0.2, 0.25) is 0 Å². The smallest absolute Gasteiger partial charge is 0.139 e. The molecule has 2 aromatic heterocycles. The maximum absolute atomic E-state index is 9.15. The Hall–Kier alpha value is -4.18. The maximum Gasteiger partial charge on any atom is 0.139 e. The van der Waals surface area contributed by atoms with Crippen LogP contribution in [0.1, 0.15) is 17.2 Å². The number of anilines is 3. The summed E-state index contributed by atoms with van der Waals surface area (Å²) in [4.78, 5) is 6.50. The van der Waals surface area contributed by atoms with Gasteiger partial charge in [0.2, 0.25) is 0 Å². The average Bonchev–Trinajstić information content (AvgIpc) is 3.06. The zero-order chi connectivity index (χ0) is 20.7. The molecule has 0 saturated carbocycles. The number of nitriles is 1. The zero-order valence-corrected chi connectivity index (χ0v) is 16.4. The number of pyridine rings is 1. The monoisotopic (exact) mass is 393 g/mol. The van der Waals surface area contributed by atoms with Gasteiger partial charge in [-0.1, -0.05) is 6.07 Å². The van der Waals surface area contributed by atoms with E-state index in [-0.39, 0.29) is 0 Å². The summed E-state index contributed by atoms with van der Waals surface area (Å²) in [7, 11) is 0. The van der Waals surface area contributed by atoms with Gasteiger partial charge in [-0.25, -0.2) is 4.98 Å². The number of fused-ring (bicyclic) bond motifs is 3. The molecule has 7 nitrogen and oxygen atoms in total. The molecule has 0 spiro atoms. The molecule has 0 atom stereocenters. The lowest BCUT2D eigenvalue weighted by molar-refractivity contribution is 0.838. The van der Waals surface area contributed by atoms with E-state index in [1.54, 1.807) is 12.3 Å². The predicted molar refractivity (Wildman–Crippen MR) is 116 cm³/mol. The largest absolute Gasteiger partial charge is 0.384 e. The summed E-state index contributed by atoms with van der Waals surface area (Å²) in [5.74, 6) is 2.29. The van der Waals surface area contributed by atoms with E-state index in [9.17, 15) is 0 Å². The van der Waals surface area contributed by atoms with Crippen molar-refractivity contribution in [3.63, 3.8) is 0 Å². The van der Waals surface area contributed by atoms with E-state index in [0.717, 1.165) is 52.8 Å². The van der Waals surface area contributed by atoms with Gasteiger partial charge in [0.15, 0.2) is 0 Å². The Kier molecular flexibility index (Phi) is 4.18. The Morgan fingerprint density at radius 1 is 0.967 bits per heavy atom. The fourth-order valence-corrected chi connectivity index (χ4v) is 3.88. The van der Waals surface area contributed by atoms with Crippen molar-refractivity contribution >= 4 is 17.2 Å². The molecule has 7 heteroatoms. The molecule has 1 aliphatic rings. The summed E-state index contributed by atoms with van der Waals surface area (Å²) >= 11 is 0. The first kappa shape index (κ1) is 17.9. The van der Waals surface area contributed by atoms with Crippen molar-refractivity contribution in [2.45, 2.75) is 13.3 Å². The molecule has 2 N–H and O–H groups in total. The number of nitrogens with two attached hydrogens (primary N) is 1. The number of hydrogen-bond donors (Lipinski definition) is 1. The minimum Gasteiger partial charge on any atom is -0.384 e. The fourth-order valence-electron chi connectivity index (χ4n) is 3.88. The summed E-state index contributed by atoms with van der Waals surface area (Å²) in [5.41, 5.74) is 11.6. The van der Waals surface area contributed by atoms with Crippen LogP contribution >= 0.6 is 0 Å². The molecule has 4 aromatic rings. The first-order chi connectivity index (χ1) is 14.6. The van der Waals surface area contributed by atoms with Crippen molar-refractivity contribution in [2.75, 3.05) is 17.2 Å². The molecule has 0 aliphatic carbocycles. The second kappa shape index (κ2) is 7.01. The molecule has 0 fully saturated rings. The van der Waals surface area contributed by atoms with Crippen LogP contribution in [-0.2, 0) is 6.42 Å². The highest BCUT2D eigenvalue weighted by Crippen LogP contribution is 2.37. The number of aromatic nitrogens is 4. The van der Waals surface area contributed by atoms with E-state index in [4.69, 9.17) is 11.0 Å². The van der Waals surface area contributed by atoms with Gasteiger partial charge in [0, 0.05) is 30.4 Å². The van der Waals surface area contributed by atoms with Crippen molar-refractivity contribution in [1.29, 1.82) is 5.26 Å². The molecular formula is C23H19N7. The molecular weight excluding hydrogens is 374 g/mol. The van der Waals surface area contributed by atoms with Gasteiger partial charge in [0.1, 0.15) is 17.5 Å². The second-order valence-electron chi connectivity index (χ2n) is 7.23. The lowest BCUT2D eigenvalue weighted by Crippen LogP contribution is -2.19. The number of benzene rings is 2. The Labute approximate surface area is 174 Å². The molecule has 0 radical (unpaired) electrons. The zero-order valence-electron chi connectivity index (χ0n) is 16.4. The SMILES string of the molecule is Cc1nnc2n1-c1ccc(-c3ccc(N)nc3)cc1N(c1ccc(C#N)cc1)CC2. The molecule has 1 aliphatic heterocycles. The quantitative estimate of drug-likeness (QED) is 0.557. The summed E-state index contributed by atoms with van der Waals surface area (Å²) in [6, 6.07) is 20.0. The molecule has 2 aromatic carbocycles. The number of hydrogen-bond acceptors (Lipinski definition) is 6. The van der Waals surface area contributed by atoms with E-state index in [2.05, 4.69) is 48.9 Å². The summed E-state index contributed by atoms with van der Waals surface area (Å²) in [5, 5.41) is 17.8. The third-order valence-electron chi connectivity index (χ3n) is 5.39. The molecule has 3 heterocycles. The van der Waals surface area contributed by atoms with Crippen LogP contribution in [0.25, 0.3) is 16.8 Å². The van der Waals surface area contributed by atoms with Crippen molar-refractivity contribution in [2.24, 2.45) is 0 Å². The van der Waals surface area contributed by atoms with Gasteiger partial charge < -0.3 is 10.6 Å². The fraction of sp³-hybridized carbons (Fsp3) is 0.130. The molecule has 0 bridgehead atoms. The van der Waals surface area contributed by atoms with Gasteiger partial charge in [0.25, 0.3) is 0 Å². The lowest BCUT2D eigenvalue weighted by Gasteiger charge is -2.26. The maximum atomic E-state index is 9.15. The number of nitrogens with zero attached hydrogens (tertiary/aromatic N) is 6. The van der Waals surface area contributed by atoms with E-state index in [1.165, 1.54) is 0 Å². The molecule has 0 unspecified atom stereocenters. The van der Waals surface area contributed by atoms with E-state index < -0.39 is 0 Å². The number of nitrogen functional groups attached to an aromatic ring is 1. The van der Waals surface area contributed by atoms with Gasteiger partial charge in [-0.15, -0.1) is 10.2 Å². The van der Waals surface area contributed by atoms with E-state index in [1.807, 2.05) is 37.3 Å². The topological polar surface area (TPSA) is 96.7 Å². The van der Waals surface area contributed by atoms with Crippen molar-refractivity contribution in [3.8, 4) is 22.9 Å². The van der Waals surface area contributed by atoms with Gasteiger partial charge in [-0.05, 0) is 61.0 Å². The van der Waals surface area contributed by atoms with Crippen LogP contribution in [0.5, 0.6) is 0 Å². The van der Waals surface area contributed by atoms with Crippen LogP contribution in [0.3, 0.4) is 0 Å². The molecule has 146 valence electrons. The Balaban J connectivity index is 1.69. The van der Waals surface area contributed by atoms with E-state index >= 15 is 0 Å². The average molecular weight is 393 g/mol. The third-order valence-corrected chi connectivity index (χ3v) is 5.39. The highest BCUT2D eigenvalue weighted by atomic mass is 15.3. The normalized spacial score (nSPS) is 12.6. The summed E-state index contributed by atoms with van der Waals surface area (Å²) in [6.07, 6.45) is 2.55. The molecule has 0 saturated heterocycles. The van der Waals surface area contributed by atoms with Crippen LogP contribution in [0.15, 0.2) is 60.8 Å². The van der Waals surface area contributed by atoms with Crippen LogP contribution in [-0.4, -0.2) is 26.3 Å². The molecule has 30 heavy (non-hydrogen) atoms. The van der Waals surface area contributed by atoms with Crippen LogP contribution in [0.4, 0.5) is 17.2 Å². The number of rotatable bonds is 2. The van der Waals surface area contributed by atoms with E-state index in [0.29, 0.717) is 11.4 Å². The molecule has 5 rings (SSSR count). The Bertz CT molecular complexity index is 1260. The highest BCUT2D eigenvalue weighted by molar-refractivity contribution is 5.79. The van der Waals surface area contributed by atoms with Crippen LogP contribution < -0.4 is 10.6 Å².